The molecule has 0 N–H and O–H groups in total. The first-order valence-electron chi connectivity index (χ1n) is 4.69. The molecule has 2 rings (SSSR count). The quantitative estimate of drug-likeness (QED) is 0.746. The monoisotopic (exact) mass is 284 g/mol. The highest BCUT2D eigenvalue weighted by molar-refractivity contribution is 6.62. The number of carbonyl (C=O) groups excluding carboxylic acids is 3. The van der Waals surface area contributed by atoms with Crippen LogP contribution in [0.3, 0.4) is 0 Å². The van der Waals surface area contributed by atoms with Crippen molar-refractivity contribution in [1.29, 1.82) is 0 Å². The number of carbonyl (C=O) groups is 3. The van der Waals surface area contributed by atoms with Gasteiger partial charge in [0.25, 0.3) is 11.8 Å². The maximum Gasteiger partial charge on any atom is 0.278 e. The highest BCUT2D eigenvalue weighted by Gasteiger charge is 2.37. The Balaban J connectivity index is 2.37. The predicted molar refractivity (Wildman–Crippen MR) is 62.0 cm³/mol. The van der Waals surface area contributed by atoms with Crippen molar-refractivity contribution in [1.82, 2.24) is 0 Å². The summed E-state index contributed by atoms with van der Waals surface area (Å²) < 4.78 is 0. The second kappa shape index (κ2) is 4.44. The third-order valence-electron chi connectivity index (χ3n) is 2.34. The largest absolute Gasteiger partial charge is 0.545 e. The molecule has 0 atom stereocenters. The van der Waals surface area contributed by atoms with Gasteiger partial charge in [-0.1, -0.05) is 35.3 Å². The number of benzene rings is 1. The lowest BCUT2D eigenvalue weighted by Gasteiger charge is -2.14. The molecular formula is C11H4Cl2NO4-. The van der Waals surface area contributed by atoms with Crippen molar-refractivity contribution in [2.24, 2.45) is 0 Å². The summed E-state index contributed by atoms with van der Waals surface area (Å²) in [5.41, 5.74) is 0.117. The van der Waals surface area contributed by atoms with Gasteiger partial charge in [-0.15, -0.1) is 0 Å². The number of carboxylic acids is 1. The Bertz CT molecular complexity index is 568. The molecule has 1 aliphatic rings. The minimum absolute atomic E-state index is 0.0667. The van der Waals surface area contributed by atoms with Crippen LogP contribution in [0.15, 0.2) is 34.3 Å². The Morgan fingerprint density at radius 3 is 1.83 bits per heavy atom. The predicted octanol–water partition coefficient (Wildman–Crippen LogP) is 0.612. The first-order valence-corrected chi connectivity index (χ1v) is 5.44. The van der Waals surface area contributed by atoms with E-state index in [1.54, 1.807) is 0 Å². The Kier molecular flexibility index (Phi) is 3.11. The number of imide groups is 1. The number of rotatable bonds is 2. The average molecular weight is 285 g/mol. The Morgan fingerprint density at radius 1 is 1.00 bits per heavy atom. The first kappa shape index (κ1) is 12.6. The van der Waals surface area contributed by atoms with Crippen molar-refractivity contribution < 1.29 is 19.5 Å². The van der Waals surface area contributed by atoms with Crippen molar-refractivity contribution in [3.05, 3.63) is 39.9 Å². The number of hydrogen-bond donors (Lipinski definition) is 0. The molecule has 1 aliphatic heterocycles. The number of anilines is 1. The lowest BCUT2D eigenvalue weighted by Crippen LogP contribution is -2.31. The van der Waals surface area contributed by atoms with Crippen molar-refractivity contribution in [3.8, 4) is 0 Å². The standard InChI is InChI=1S/C11H5Cl2NO4/c12-7-8(13)10(16)14(9(7)15)6-3-1-5(2-4-6)11(17)18/h1-4H,(H,17,18)/p-1. The Labute approximate surface area is 111 Å². The minimum Gasteiger partial charge on any atom is -0.545 e. The van der Waals surface area contributed by atoms with Gasteiger partial charge in [0.1, 0.15) is 10.1 Å². The van der Waals surface area contributed by atoms with Crippen LogP contribution in [0.4, 0.5) is 5.69 Å². The molecule has 0 bridgehead atoms. The molecule has 18 heavy (non-hydrogen) atoms. The van der Waals surface area contributed by atoms with Gasteiger partial charge < -0.3 is 9.90 Å². The Morgan fingerprint density at radius 2 is 1.44 bits per heavy atom. The molecule has 5 nitrogen and oxygen atoms in total. The molecular weight excluding hydrogens is 281 g/mol. The fourth-order valence-electron chi connectivity index (χ4n) is 1.46. The summed E-state index contributed by atoms with van der Waals surface area (Å²) in [4.78, 5) is 34.6. The van der Waals surface area contributed by atoms with Crippen LogP contribution in [-0.4, -0.2) is 17.8 Å². The van der Waals surface area contributed by atoms with Gasteiger partial charge >= 0.3 is 0 Å². The van der Waals surface area contributed by atoms with Gasteiger partial charge in [-0.3, -0.25) is 9.59 Å². The maximum absolute atomic E-state index is 11.6. The number of aromatic carboxylic acids is 1. The van der Waals surface area contributed by atoms with Crippen LogP contribution in [0.2, 0.25) is 0 Å². The summed E-state index contributed by atoms with van der Waals surface area (Å²) in [6.07, 6.45) is 0. The van der Waals surface area contributed by atoms with Gasteiger partial charge in [0.2, 0.25) is 0 Å². The lowest BCUT2D eigenvalue weighted by atomic mass is 10.2. The summed E-state index contributed by atoms with van der Waals surface area (Å²) in [6.45, 7) is 0. The number of halogens is 2. The molecule has 0 unspecified atom stereocenters. The highest BCUT2D eigenvalue weighted by Crippen LogP contribution is 2.30. The van der Waals surface area contributed by atoms with Gasteiger partial charge in [0, 0.05) is 0 Å². The summed E-state index contributed by atoms with van der Waals surface area (Å²) in [5.74, 6) is -2.84. The summed E-state index contributed by atoms with van der Waals surface area (Å²) in [6, 6.07) is 5.01. The average Bonchev–Trinajstić information content (AvgIpc) is 2.54. The number of amides is 2. The van der Waals surface area contributed by atoms with Crippen molar-refractivity contribution in [2.75, 3.05) is 4.90 Å². The third-order valence-corrected chi connectivity index (χ3v) is 3.13. The molecule has 1 aromatic carbocycles. The van der Waals surface area contributed by atoms with Gasteiger partial charge in [0.15, 0.2) is 0 Å². The third kappa shape index (κ3) is 1.87. The minimum atomic E-state index is -1.35. The molecule has 0 aliphatic carbocycles. The van der Waals surface area contributed by atoms with E-state index in [1.807, 2.05) is 0 Å². The van der Waals surface area contributed by atoms with Crippen LogP contribution < -0.4 is 10.0 Å². The van der Waals surface area contributed by atoms with Gasteiger partial charge in [-0.2, -0.15) is 0 Å². The molecule has 0 radical (unpaired) electrons. The highest BCUT2D eigenvalue weighted by atomic mass is 35.5. The Hall–Kier alpha value is -1.85. The molecule has 0 fully saturated rings. The molecule has 7 heteroatoms. The van der Waals surface area contributed by atoms with E-state index < -0.39 is 17.8 Å². The number of hydrogen-bond acceptors (Lipinski definition) is 4. The van der Waals surface area contributed by atoms with Crippen LogP contribution in [-0.2, 0) is 9.59 Å². The van der Waals surface area contributed by atoms with E-state index in [-0.39, 0.29) is 21.3 Å². The zero-order valence-corrected chi connectivity index (χ0v) is 10.2. The van der Waals surface area contributed by atoms with Gasteiger partial charge in [0.05, 0.1) is 11.7 Å². The summed E-state index contributed by atoms with van der Waals surface area (Å²) in [5, 5.41) is 9.85. The fourth-order valence-corrected chi connectivity index (χ4v) is 1.79. The van der Waals surface area contributed by atoms with Crippen molar-refractivity contribution >= 4 is 46.7 Å². The van der Waals surface area contributed by atoms with E-state index in [9.17, 15) is 19.5 Å². The SMILES string of the molecule is O=C([O-])c1ccc(N2C(=O)C(Cl)=C(Cl)C2=O)cc1. The van der Waals surface area contributed by atoms with Gasteiger partial charge in [-0.25, -0.2) is 4.90 Å². The van der Waals surface area contributed by atoms with Crippen LogP contribution >= 0.6 is 23.2 Å². The summed E-state index contributed by atoms with van der Waals surface area (Å²) >= 11 is 11.1. The van der Waals surface area contributed by atoms with E-state index in [0.29, 0.717) is 0 Å². The second-order valence-electron chi connectivity index (χ2n) is 3.41. The first-order chi connectivity index (χ1) is 8.43. The van der Waals surface area contributed by atoms with Crippen molar-refractivity contribution in [3.63, 3.8) is 0 Å². The zero-order chi connectivity index (χ0) is 13.4. The van der Waals surface area contributed by atoms with E-state index in [2.05, 4.69) is 0 Å². The van der Waals surface area contributed by atoms with Gasteiger partial charge in [-0.05, 0) is 17.7 Å². The van der Waals surface area contributed by atoms with Crippen LogP contribution in [0.5, 0.6) is 0 Å². The van der Waals surface area contributed by atoms with E-state index in [0.717, 1.165) is 4.90 Å². The molecule has 0 aromatic heterocycles. The summed E-state index contributed by atoms with van der Waals surface area (Å²) in [7, 11) is 0. The second-order valence-corrected chi connectivity index (χ2v) is 4.16. The van der Waals surface area contributed by atoms with Crippen LogP contribution in [0, 0.1) is 0 Å². The number of nitrogens with zero attached hydrogens (tertiary/aromatic N) is 1. The molecule has 1 heterocycles. The van der Waals surface area contributed by atoms with Crippen LogP contribution in [0.25, 0.3) is 0 Å². The molecule has 2 amide bonds. The molecule has 92 valence electrons. The van der Waals surface area contributed by atoms with E-state index in [4.69, 9.17) is 23.2 Å². The fraction of sp³-hybridized carbons (Fsp3) is 0. The van der Waals surface area contributed by atoms with Crippen molar-refractivity contribution in [2.45, 2.75) is 0 Å². The maximum atomic E-state index is 11.6. The molecule has 0 spiro atoms. The topological polar surface area (TPSA) is 77.5 Å². The van der Waals surface area contributed by atoms with E-state index in [1.165, 1.54) is 24.3 Å². The smallest absolute Gasteiger partial charge is 0.278 e. The molecule has 0 saturated carbocycles. The molecule has 1 aromatic rings. The van der Waals surface area contributed by atoms with Crippen LogP contribution in [0.1, 0.15) is 10.4 Å². The number of carboxylic acid groups (broad SMARTS) is 1. The normalized spacial score (nSPS) is 15.6. The zero-order valence-electron chi connectivity index (χ0n) is 8.65. The molecule has 0 saturated heterocycles. The lowest BCUT2D eigenvalue weighted by molar-refractivity contribution is -0.255. The van der Waals surface area contributed by atoms with E-state index >= 15 is 0 Å².